The molecule has 1 amide bonds. The number of hydrogen-bond acceptors (Lipinski definition) is 6. The first-order valence-corrected chi connectivity index (χ1v) is 12.4. The van der Waals surface area contributed by atoms with Gasteiger partial charge in [0.15, 0.2) is 11.5 Å². The van der Waals surface area contributed by atoms with Crippen LogP contribution in [0.1, 0.15) is 29.5 Å². The van der Waals surface area contributed by atoms with Gasteiger partial charge in [0.25, 0.3) is 5.91 Å². The van der Waals surface area contributed by atoms with Gasteiger partial charge in [-0.2, -0.15) is 0 Å². The van der Waals surface area contributed by atoms with Gasteiger partial charge in [-0.25, -0.2) is 0 Å². The molecule has 2 fully saturated rings. The molecular formula is C24H24BrNO4S2. The third kappa shape index (κ3) is 5.36. The van der Waals surface area contributed by atoms with E-state index in [-0.39, 0.29) is 12.0 Å². The molecule has 0 unspecified atom stereocenters. The van der Waals surface area contributed by atoms with Crippen molar-refractivity contribution in [3.8, 4) is 11.5 Å². The average Bonchev–Trinajstić information content (AvgIpc) is 3.39. The van der Waals surface area contributed by atoms with Crippen molar-refractivity contribution in [1.82, 2.24) is 4.90 Å². The molecule has 2 saturated heterocycles. The fraction of sp³-hybridized carbons (Fsp3) is 0.333. The third-order valence-corrected chi connectivity index (χ3v) is 7.43. The molecule has 1 atom stereocenters. The minimum absolute atomic E-state index is 0.0636. The van der Waals surface area contributed by atoms with Crippen molar-refractivity contribution < 1.29 is 19.0 Å². The molecule has 0 bridgehead atoms. The lowest BCUT2D eigenvalue weighted by Gasteiger charge is -2.18. The van der Waals surface area contributed by atoms with Gasteiger partial charge in [0.2, 0.25) is 0 Å². The molecule has 168 valence electrons. The first kappa shape index (κ1) is 23.3. The average molecular weight is 534 g/mol. The molecule has 0 aliphatic carbocycles. The smallest absolute Gasteiger partial charge is 0.266 e. The number of ether oxygens (including phenoxy) is 3. The summed E-state index contributed by atoms with van der Waals surface area (Å²) in [6.07, 6.45) is 3.89. The van der Waals surface area contributed by atoms with E-state index in [4.69, 9.17) is 26.4 Å². The predicted octanol–water partition coefficient (Wildman–Crippen LogP) is 5.73. The highest BCUT2D eigenvalue weighted by molar-refractivity contribution is 9.10. The van der Waals surface area contributed by atoms with Crippen LogP contribution in [0, 0.1) is 6.92 Å². The maximum absolute atomic E-state index is 12.9. The molecule has 2 heterocycles. The Morgan fingerprint density at radius 3 is 2.75 bits per heavy atom. The van der Waals surface area contributed by atoms with E-state index in [2.05, 4.69) is 35.0 Å². The van der Waals surface area contributed by atoms with E-state index in [9.17, 15) is 4.79 Å². The zero-order chi connectivity index (χ0) is 22.7. The first-order valence-electron chi connectivity index (χ1n) is 10.4. The molecule has 2 aliphatic heterocycles. The van der Waals surface area contributed by atoms with Crippen LogP contribution in [0.5, 0.6) is 11.5 Å². The number of nitrogens with zero attached hydrogens (tertiary/aromatic N) is 1. The van der Waals surface area contributed by atoms with Crippen molar-refractivity contribution >= 4 is 56.2 Å². The highest BCUT2D eigenvalue weighted by atomic mass is 79.9. The first-order chi connectivity index (χ1) is 15.4. The van der Waals surface area contributed by atoms with Gasteiger partial charge in [0, 0.05) is 11.1 Å². The number of carbonyl (C=O) groups excluding carboxylic acids is 1. The normalized spacial score (nSPS) is 19.8. The van der Waals surface area contributed by atoms with Crippen LogP contribution in [0.15, 0.2) is 45.8 Å². The summed E-state index contributed by atoms with van der Waals surface area (Å²) in [5, 5.41) is 0. The Bertz CT molecular complexity index is 1050. The molecule has 2 aromatic rings. The Balaban J connectivity index is 1.50. The van der Waals surface area contributed by atoms with Crippen molar-refractivity contribution in [2.75, 3.05) is 20.3 Å². The van der Waals surface area contributed by atoms with Gasteiger partial charge in [-0.1, -0.05) is 69.7 Å². The Morgan fingerprint density at radius 2 is 2.06 bits per heavy atom. The molecule has 0 spiro atoms. The van der Waals surface area contributed by atoms with Gasteiger partial charge >= 0.3 is 0 Å². The highest BCUT2D eigenvalue weighted by Crippen LogP contribution is 2.38. The van der Waals surface area contributed by atoms with Crippen molar-refractivity contribution in [2.45, 2.75) is 32.5 Å². The Morgan fingerprint density at radius 1 is 1.28 bits per heavy atom. The summed E-state index contributed by atoms with van der Waals surface area (Å²) in [6.45, 7) is 3.75. The third-order valence-electron chi connectivity index (χ3n) is 5.37. The SMILES string of the molecule is COc1cc(/C=C2\SC(=S)N(C[C@@H]3CCCO3)C2=O)c(Br)cc1OCc1ccc(C)cc1. The summed E-state index contributed by atoms with van der Waals surface area (Å²) >= 11 is 10.4. The lowest BCUT2D eigenvalue weighted by molar-refractivity contribution is -0.123. The lowest BCUT2D eigenvalue weighted by Crippen LogP contribution is -2.35. The predicted molar refractivity (Wildman–Crippen MR) is 135 cm³/mol. The molecular weight excluding hydrogens is 510 g/mol. The molecule has 32 heavy (non-hydrogen) atoms. The van der Waals surface area contributed by atoms with E-state index in [1.165, 1.54) is 17.3 Å². The van der Waals surface area contributed by atoms with Crippen LogP contribution < -0.4 is 9.47 Å². The maximum atomic E-state index is 12.9. The topological polar surface area (TPSA) is 48.0 Å². The van der Waals surface area contributed by atoms with Crippen molar-refractivity contribution in [1.29, 1.82) is 0 Å². The van der Waals surface area contributed by atoms with Crippen LogP contribution >= 0.6 is 39.9 Å². The molecule has 5 nitrogen and oxygen atoms in total. The van der Waals surface area contributed by atoms with Gasteiger partial charge < -0.3 is 14.2 Å². The van der Waals surface area contributed by atoms with E-state index in [1.807, 2.05) is 30.3 Å². The monoisotopic (exact) mass is 533 g/mol. The zero-order valence-electron chi connectivity index (χ0n) is 17.9. The second-order valence-corrected chi connectivity index (χ2v) is 10.3. The number of rotatable bonds is 7. The number of thioether (sulfide) groups is 1. The minimum Gasteiger partial charge on any atom is -0.493 e. The summed E-state index contributed by atoms with van der Waals surface area (Å²) in [5.41, 5.74) is 3.11. The Labute approximate surface area is 206 Å². The number of benzene rings is 2. The molecule has 4 rings (SSSR count). The Kier molecular flexibility index (Phi) is 7.55. The Hall–Kier alpha value is -1.87. The fourth-order valence-electron chi connectivity index (χ4n) is 3.57. The van der Waals surface area contributed by atoms with Gasteiger partial charge in [-0.05, 0) is 49.1 Å². The number of carbonyl (C=O) groups is 1. The number of methoxy groups -OCH3 is 1. The van der Waals surface area contributed by atoms with Crippen LogP contribution in [0.4, 0.5) is 0 Å². The summed E-state index contributed by atoms with van der Waals surface area (Å²) in [4.78, 5) is 15.2. The largest absolute Gasteiger partial charge is 0.493 e. The van der Waals surface area contributed by atoms with Gasteiger partial charge in [-0.15, -0.1) is 0 Å². The van der Waals surface area contributed by atoms with E-state index in [0.29, 0.717) is 33.9 Å². The second-order valence-electron chi connectivity index (χ2n) is 7.73. The minimum atomic E-state index is -0.0823. The second kappa shape index (κ2) is 10.4. The van der Waals surface area contributed by atoms with Crippen LogP contribution in [0.3, 0.4) is 0 Å². The van der Waals surface area contributed by atoms with Gasteiger partial charge in [0.1, 0.15) is 10.9 Å². The van der Waals surface area contributed by atoms with Crippen LogP contribution in [-0.2, 0) is 16.1 Å². The van der Waals surface area contributed by atoms with E-state index >= 15 is 0 Å². The lowest BCUT2D eigenvalue weighted by atomic mass is 10.1. The molecule has 2 aromatic carbocycles. The number of hydrogen-bond donors (Lipinski definition) is 0. The molecule has 0 N–H and O–H groups in total. The molecule has 8 heteroatoms. The van der Waals surface area contributed by atoms with Crippen LogP contribution in [-0.4, -0.2) is 41.5 Å². The van der Waals surface area contributed by atoms with Gasteiger partial charge in [-0.3, -0.25) is 9.69 Å². The number of halogens is 1. The van der Waals surface area contributed by atoms with Crippen LogP contribution in [0.25, 0.3) is 6.08 Å². The number of aryl methyl sites for hydroxylation is 1. The number of thiocarbonyl (C=S) groups is 1. The summed E-state index contributed by atoms with van der Waals surface area (Å²) in [6, 6.07) is 11.9. The van der Waals surface area contributed by atoms with Crippen LogP contribution in [0.2, 0.25) is 0 Å². The zero-order valence-corrected chi connectivity index (χ0v) is 21.1. The van der Waals surface area contributed by atoms with Crippen molar-refractivity contribution in [2.24, 2.45) is 0 Å². The molecule has 2 aliphatic rings. The number of amides is 1. The summed E-state index contributed by atoms with van der Waals surface area (Å²) < 4.78 is 18.6. The van der Waals surface area contributed by atoms with E-state index < -0.39 is 0 Å². The summed E-state index contributed by atoms with van der Waals surface area (Å²) in [5.74, 6) is 1.14. The highest BCUT2D eigenvalue weighted by Gasteiger charge is 2.34. The summed E-state index contributed by atoms with van der Waals surface area (Å²) in [7, 11) is 1.60. The van der Waals surface area contributed by atoms with Crippen molar-refractivity contribution in [3.63, 3.8) is 0 Å². The molecule has 0 aromatic heterocycles. The van der Waals surface area contributed by atoms with Gasteiger partial charge in [0.05, 0.1) is 24.7 Å². The van der Waals surface area contributed by atoms with E-state index in [0.717, 1.165) is 35.0 Å². The molecule has 0 radical (unpaired) electrons. The van der Waals surface area contributed by atoms with Crippen molar-refractivity contribution in [3.05, 3.63) is 62.5 Å². The maximum Gasteiger partial charge on any atom is 0.266 e. The van der Waals surface area contributed by atoms with E-state index in [1.54, 1.807) is 12.0 Å². The standard InChI is InChI=1S/C24H24BrNO4S2/c1-15-5-7-16(8-6-15)14-30-21-12-19(25)17(10-20(21)28-2)11-22-23(27)26(24(31)32-22)13-18-4-3-9-29-18/h5-8,10-12,18H,3-4,9,13-14H2,1-2H3/b22-11-/t18-/m0/s1. The quantitative estimate of drug-likeness (QED) is 0.334. The fourth-order valence-corrected chi connectivity index (χ4v) is 5.27. The molecule has 0 saturated carbocycles.